The standard InChI is InChI=1S/C11H13ClN5PS/c12-10-5-4-9(7-15-10)8-17-6-2-1-3-11(17)16-18(13,14)19/h1-7H,8H2,(H4,13,14,19). The molecule has 100 valence electrons. The van der Waals surface area contributed by atoms with Crippen LogP contribution >= 0.6 is 18.1 Å². The van der Waals surface area contributed by atoms with Crippen LogP contribution in [0, 0.1) is 0 Å². The highest BCUT2D eigenvalue weighted by Crippen LogP contribution is 2.25. The molecule has 19 heavy (non-hydrogen) atoms. The normalized spacial score (nSPS) is 12.7. The number of hydrogen-bond donors (Lipinski definition) is 2. The number of rotatable bonds is 3. The Hall–Kier alpha value is -1.04. The molecule has 2 aromatic heterocycles. The van der Waals surface area contributed by atoms with Crippen LogP contribution in [0.15, 0.2) is 47.5 Å². The zero-order valence-corrected chi connectivity index (χ0v) is 12.4. The van der Waals surface area contributed by atoms with Crippen molar-refractivity contribution in [2.75, 3.05) is 0 Å². The molecule has 0 aliphatic rings. The molecule has 0 amide bonds. The molecule has 0 fully saturated rings. The summed E-state index contributed by atoms with van der Waals surface area (Å²) < 4.78 is 6.11. The molecule has 0 aliphatic heterocycles. The second-order valence-corrected chi connectivity index (χ2v) is 7.64. The van der Waals surface area contributed by atoms with E-state index in [1.165, 1.54) is 0 Å². The third-order valence-corrected chi connectivity index (χ3v) is 3.30. The van der Waals surface area contributed by atoms with Gasteiger partial charge in [-0.25, -0.2) is 9.75 Å². The van der Waals surface area contributed by atoms with Gasteiger partial charge in [0.15, 0.2) is 6.49 Å². The van der Waals surface area contributed by atoms with Gasteiger partial charge in [0.05, 0.1) is 6.54 Å². The predicted molar refractivity (Wildman–Crippen MR) is 81.0 cm³/mol. The molecule has 0 bridgehead atoms. The van der Waals surface area contributed by atoms with Gasteiger partial charge in [-0.05, 0) is 35.6 Å². The van der Waals surface area contributed by atoms with E-state index in [2.05, 4.69) is 9.75 Å². The summed E-state index contributed by atoms with van der Waals surface area (Å²) in [7, 11) is 0. The van der Waals surface area contributed by atoms with E-state index in [1.54, 1.807) is 12.3 Å². The van der Waals surface area contributed by atoms with Crippen LogP contribution in [0.2, 0.25) is 5.15 Å². The smallest absolute Gasteiger partial charge is 0.179 e. The Balaban J connectivity index is 2.38. The van der Waals surface area contributed by atoms with Crippen molar-refractivity contribution in [3.63, 3.8) is 0 Å². The zero-order chi connectivity index (χ0) is 13.9. The second-order valence-electron chi connectivity index (χ2n) is 3.95. The summed E-state index contributed by atoms with van der Waals surface area (Å²) in [6.45, 7) is -2.03. The van der Waals surface area contributed by atoms with Crippen LogP contribution in [0.5, 0.6) is 0 Å². The average Bonchev–Trinajstić information content (AvgIpc) is 2.33. The van der Waals surface area contributed by atoms with Crippen LogP contribution < -0.4 is 16.5 Å². The summed E-state index contributed by atoms with van der Waals surface area (Å²) in [5, 5.41) is 0.464. The van der Waals surface area contributed by atoms with Crippen LogP contribution in [0.3, 0.4) is 0 Å². The van der Waals surface area contributed by atoms with E-state index < -0.39 is 6.49 Å². The van der Waals surface area contributed by atoms with Crippen molar-refractivity contribution < 1.29 is 0 Å². The first-order valence-electron chi connectivity index (χ1n) is 5.43. The molecule has 2 aromatic rings. The quantitative estimate of drug-likeness (QED) is 0.666. The fourth-order valence-electron chi connectivity index (χ4n) is 1.55. The maximum atomic E-state index is 5.75. The molecule has 8 heteroatoms. The summed E-state index contributed by atoms with van der Waals surface area (Å²) in [6, 6.07) is 9.23. The van der Waals surface area contributed by atoms with Gasteiger partial charge in [-0.15, -0.1) is 0 Å². The van der Waals surface area contributed by atoms with E-state index in [0.29, 0.717) is 17.2 Å². The first-order valence-corrected chi connectivity index (χ1v) is 8.70. The Morgan fingerprint density at radius 3 is 2.74 bits per heavy atom. The predicted octanol–water partition coefficient (Wildman–Crippen LogP) is 1.63. The molecule has 5 nitrogen and oxygen atoms in total. The van der Waals surface area contributed by atoms with Gasteiger partial charge in [0.2, 0.25) is 0 Å². The molecule has 4 N–H and O–H groups in total. The van der Waals surface area contributed by atoms with E-state index in [0.717, 1.165) is 5.56 Å². The maximum absolute atomic E-state index is 5.75. The molecule has 2 rings (SSSR count). The first-order chi connectivity index (χ1) is 8.94. The minimum absolute atomic E-state index is 0.464. The number of nitrogens with two attached hydrogens (primary N) is 2. The molecule has 0 aromatic carbocycles. The van der Waals surface area contributed by atoms with Crippen molar-refractivity contribution in [2.45, 2.75) is 6.54 Å². The summed E-state index contributed by atoms with van der Waals surface area (Å²) in [5.74, 6) is 0. The lowest BCUT2D eigenvalue weighted by atomic mass is 10.3. The van der Waals surface area contributed by atoms with Crippen molar-refractivity contribution in [1.29, 1.82) is 0 Å². The molecular formula is C11H13ClN5PS. The lowest BCUT2D eigenvalue weighted by Crippen LogP contribution is -2.21. The van der Waals surface area contributed by atoms with Crippen LogP contribution in [-0.2, 0) is 18.4 Å². The largest absolute Gasteiger partial charge is 0.329 e. The van der Waals surface area contributed by atoms with Gasteiger partial charge in [-0.3, -0.25) is 11.0 Å². The van der Waals surface area contributed by atoms with E-state index in [9.17, 15) is 0 Å². The van der Waals surface area contributed by atoms with E-state index in [4.69, 9.17) is 34.4 Å². The summed E-state index contributed by atoms with van der Waals surface area (Å²) in [6.07, 6.45) is 3.60. The molecular weight excluding hydrogens is 301 g/mol. The summed E-state index contributed by atoms with van der Waals surface area (Å²) in [4.78, 5) is 4.04. The summed E-state index contributed by atoms with van der Waals surface area (Å²) >= 11 is 10.7. The lowest BCUT2D eigenvalue weighted by molar-refractivity contribution is 0.744. The molecule has 0 spiro atoms. The van der Waals surface area contributed by atoms with Gasteiger partial charge < -0.3 is 4.57 Å². The van der Waals surface area contributed by atoms with E-state index in [1.807, 2.05) is 35.0 Å². The molecule has 0 aliphatic carbocycles. The highest BCUT2D eigenvalue weighted by atomic mass is 35.5. The highest BCUT2D eigenvalue weighted by molar-refractivity contribution is 8.11. The van der Waals surface area contributed by atoms with Crippen LogP contribution in [0.25, 0.3) is 0 Å². The average molecular weight is 314 g/mol. The Morgan fingerprint density at radius 2 is 2.11 bits per heavy atom. The summed E-state index contributed by atoms with van der Waals surface area (Å²) in [5.41, 5.74) is 12.9. The van der Waals surface area contributed by atoms with Gasteiger partial charge >= 0.3 is 0 Å². The van der Waals surface area contributed by atoms with Gasteiger partial charge in [-0.2, -0.15) is 0 Å². The monoisotopic (exact) mass is 313 g/mol. The van der Waals surface area contributed by atoms with Gasteiger partial charge in [0.1, 0.15) is 10.6 Å². The van der Waals surface area contributed by atoms with E-state index >= 15 is 0 Å². The molecule has 0 unspecified atom stereocenters. The SMILES string of the molecule is NP(N)(=S)N=c1ccccn1Cc1ccc(Cl)nc1. The van der Waals surface area contributed by atoms with Crippen molar-refractivity contribution in [1.82, 2.24) is 9.55 Å². The zero-order valence-electron chi connectivity index (χ0n) is 9.98. The number of halogens is 1. The minimum atomic E-state index is -2.63. The highest BCUT2D eigenvalue weighted by Gasteiger charge is 2.01. The van der Waals surface area contributed by atoms with Crippen LogP contribution in [-0.4, -0.2) is 9.55 Å². The third-order valence-electron chi connectivity index (χ3n) is 2.32. The molecule has 0 saturated carbocycles. The maximum Gasteiger partial charge on any atom is 0.179 e. The third kappa shape index (κ3) is 4.53. The number of nitrogens with zero attached hydrogens (tertiary/aromatic N) is 3. The number of aromatic nitrogens is 2. The molecule has 0 saturated heterocycles. The second kappa shape index (κ2) is 5.94. The van der Waals surface area contributed by atoms with Crippen molar-refractivity contribution in [2.24, 2.45) is 15.8 Å². The lowest BCUT2D eigenvalue weighted by Gasteiger charge is -2.09. The minimum Gasteiger partial charge on any atom is -0.329 e. The molecule has 0 atom stereocenters. The fourth-order valence-corrected chi connectivity index (χ4v) is 2.41. The Labute approximate surface area is 121 Å². The Morgan fingerprint density at radius 1 is 1.32 bits per heavy atom. The van der Waals surface area contributed by atoms with Gasteiger partial charge in [0.25, 0.3) is 0 Å². The van der Waals surface area contributed by atoms with E-state index in [-0.39, 0.29) is 0 Å². The topological polar surface area (TPSA) is 82.2 Å². The van der Waals surface area contributed by atoms with Crippen LogP contribution in [0.1, 0.15) is 5.56 Å². The van der Waals surface area contributed by atoms with Crippen LogP contribution in [0.4, 0.5) is 0 Å². The first kappa shape index (κ1) is 14.4. The van der Waals surface area contributed by atoms with Gasteiger partial charge in [0, 0.05) is 12.4 Å². The molecule has 2 heterocycles. The van der Waals surface area contributed by atoms with Gasteiger partial charge in [-0.1, -0.05) is 23.7 Å². The van der Waals surface area contributed by atoms with Crippen molar-refractivity contribution in [3.8, 4) is 0 Å². The van der Waals surface area contributed by atoms with Crippen molar-refractivity contribution in [3.05, 3.63) is 58.9 Å². The fraction of sp³-hybridized carbons (Fsp3) is 0.0909. The Bertz CT molecular complexity index is 676. The number of pyridine rings is 2. The Kier molecular flexibility index (Phi) is 4.50. The number of hydrogen-bond acceptors (Lipinski definition) is 2. The van der Waals surface area contributed by atoms with Crippen molar-refractivity contribution >= 4 is 29.9 Å². The molecule has 0 radical (unpaired) electrons.